The molecule has 1 aliphatic rings. The maximum atomic E-state index is 12.0. The molecule has 5 nitrogen and oxygen atoms in total. The minimum atomic E-state index is 0.0842. The van der Waals surface area contributed by atoms with Gasteiger partial charge in [-0.15, -0.1) is 0 Å². The van der Waals surface area contributed by atoms with E-state index in [4.69, 9.17) is 9.47 Å². The number of hydrogen-bond donors (Lipinski definition) is 0. The maximum absolute atomic E-state index is 12.0. The average molecular weight is 277 g/mol. The lowest BCUT2D eigenvalue weighted by Gasteiger charge is -2.29. The number of fused-ring (bicyclic) bond motifs is 1. The third-order valence-electron chi connectivity index (χ3n) is 3.56. The summed E-state index contributed by atoms with van der Waals surface area (Å²) in [5, 5.41) is 0. The van der Waals surface area contributed by atoms with Gasteiger partial charge in [0.15, 0.2) is 6.29 Å². The Bertz CT molecular complexity index is 513. The first-order chi connectivity index (χ1) is 9.69. The molecule has 0 aliphatic carbocycles. The molecule has 0 saturated carbocycles. The van der Waals surface area contributed by atoms with Crippen LogP contribution in [0, 0.1) is 0 Å². The van der Waals surface area contributed by atoms with Gasteiger partial charge in [-0.25, -0.2) is 0 Å². The summed E-state index contributed by atoms with van der Waals surface area (Å²) in [6.07, 6.45) is 1.96. The molecule has 0 N–H and O–H groups in total. The normalized spacial score (nSPS) is 13.8. The van der Waals surface area contributed by atoms with Crippen LogP contribution in [0.5, 0.6) is 5.75 Å². The average Bonchev–Trinajstić information content (AvgIpc) is 2.50. The predicted molar refractivity (Wildman–Crippen MR) is 74.0 cm³/mol. The zero-order valence-corrected chi connectivity index (χ0v) is 11.8. The van der Waals surface area contributed by atoms with Crippen molar-refractivity contribution in [1.82, 2.24) is 4.90 Å². The highest BCUT2D eigenvalue weighted by atomic mass is 16.5. The Morgan fingerprint density at radius 3 is 2.80 bits per heavy atom. The number of carbonyl (C=O) groups is 2. The van der Waals surface area contributed by atoms with Crippen LogP contribution in [0.3, 0.4) is 0 Å². The first-order valence-electron chi connectivity index (χ1n) is 6.61. The van der Waals surface area contributed by atoms with Gasteiger partial charge in [-0.1, -0.05) is 0 Å². The SMILES string of the molecule is COCCC(=O)N1CCc2cc(OC)c(C=O)cc2C1. The lowest BCUT2D eigenvalue weighted by atomic mass is 9.96. The molecule has 20 heavy (non-hydrogen) atoms. The zero-order valence-electron chi connectivity index (χ0n) is 11.8. The second kappa shape index (κ2) is 6.52. The number of carbonyl (C=O) groups excluding carboxylic acids is 2. The summed E-state index contributed by atoms with van der Waals surface area (Å²) in [6, 6.07) is 3.72. The fraction of sp³-hybridized carbons (Fsp3) is 0.467. The van der Waals surface area contributed by atoms with E-state index in [1.807, 2.05) is 17.0 Å². The summed E-state index contributed by atoms with van der Waals surface area (Å²) in [6.45, 7) is 1.67. The number of ether oxygens (including phenoxy) is 2. The number of nitrogens with zero attached hydrogens (tertiary/aromatic N) is 1. The van der Waals surface area contributed by atoms with Crippen molar-refractivity contribution in [2.24, 2.45) is 0 Å². The van der Waals surface area contributed by atoms with Gasteiger partial charge < -0.3 is 14.4 Å². The zero-order chi connectivity index (χ0) is 14.5. The van der Waals surface area contributed by atoms with Gasteiger partial charge in [0.05, 0.1) is 25.7 Å². The predicted octanol–water partition coefficient (Wildman–Crippen LogP) is 1.43. The Morgan fingerprint density at radius 1 is 1.35 bits per heavy atom. The van der Waals surface area contributed by atoms with Gasteiger partial charge in [0.1, 0.15) is 5.75 Å². The van der Waals surface area contributed by atoms with E-state index in [-0.39, 0.29) is 5.91 Å². The maximum Gasteiger partial charge on any atom is 0.225 e. The largest absolute Gasteiger partial charge is 0.496 e. The van der Waals surface area contributed by atoms with E-state index in [0.29, 0.717) is 37.4 Å². The number of amides is 1. The van der Waals surface area contributed by atoms with Gasteiger partial charge in [-0.3, -0.25) is 9.59 Å². The number of benzene rings is 1. The van der Waals surface area contributed by atoms with Crippen molar-refractivity contribution in [3.05, 3.63) is 28.8 Å². The van der Waals surface area contributed by atoms with Crippen LogP contribution in [0.2, 0.25) is 0 Å². The smallest absolute Gasteiger partial charge is 0.225 e. The second-order valence-corrected chi connectivity index (χ2v) is 4.79. The molecule has 0 atom stereocenters. The van der Waals surface area contributed by atoms with Crippen LogP contribution in [0.1, 0.15) is 27.9 Å². The monoisotopic (exact) mass is 277 g/mol. The van der Waals surface area contributed by atoms with Crippen molar-refractivity contribution < 1.29 is 19.1 Å². The second-order valence-electron chi connectivity index (χ2n) is 4.79. The van der Waals surface area contributed by atoms with Gasteiger partial charge in [0, 0.05) is 20.2 Å². The number of rotatable bonds is 5. The molecule has 0 fully saturated rings. The van der Waals surface area contributed by atoms with Crippen molar-refractivity contribution in [2.75, 3.05) is 27.4 Å². The molecule has 1 aliphatic heterocycles. The van der Waals surface area contributed by atoms with E-state index in [1.165, 1.54) is 0 Å². The molecule has 1 heterocycles. The van der Waals surface area contributed by atoms with Crippen LogP contribution in [-0.4, -0.2) is 44.5 Å². The first kappa shape index (κ1) is 14.5. The van der Waals surface area contributed by atoms with Crippen LogP contribution in [0.15, 0.2) is 12.1 Å². The van der Waals surface area contributed by atoms with Crippen LogP contribution < -0.4 is 4.74 Å². The molecule has 0 saturated heterocycles. The highest BCUT2D eigenvalue weighted by Crippen LogP contribution is 2.27. The molecule has 1 amide bonds. The van der Waals surface area contributed by atoms with Crippen LogP contribution in [0.25, 0.3) is 0 Å². The van der Waals surface area contributed by atoms with Gasteiger partial charge in [0.2, 0.25) is 5.91 Å². The Morgan fingerprint density at radius 2 is 2.15 bits per heavy atom. The fourth-order valence-electron chi connectivity index (χ4n) is 2.44. The molecule has 0 bridgehead atoms. The van der Waals surface area contributed by atoms with Crippen molar-refractivity contribution in [3.63, 3.8) is 0 Å². The molecule has 5 heteroatoms. The highest BCUT2D eigenvalue weighted by molar-refractivity contribution is 5.81. The quantitative estimate of drug-likeness (QED) is 0.764. The first-order valence-corrected chi connectivity index (χ1v) is 6.61. The lowest BCUT2D eigenvalue weighted by molar-refractivity contribution is -0.133. The molecule has 2 rings (SSSR count). The molecule has 108 valence electrons. The van der Waals surface area contributed by atoms with Gasteiger partial charge in [-0.05, 0) is 29.7 Å². The number of aldehydes is 1. The number of methoxy groups -OCH3 is 2. The summed E-state index contributed by atoms with van der Waals surface area (Å²) < 4.78 is 10.1. The van der Waals surface area contributed by atoms with E-state index in [1.54, 1.807) is 14.2 Å². The Hall–Kier alpha value is -1.88. The molecule has 0 radical (unpaired) electrons. The molecular weight excluding hydrogens is 258 g/mol. The summed E-state index contributed by atoms with van der Waals surface area (Å²) in [5.74, 6) is 0.680. The third-order valence-corrected chi connectivity index (χ3v) is 3.56. The van der Waals surface area contributed by atoms with Gasteiger partial charge >= 0.3 is 0 Å². The topological polar surface area (TPSA) is 55.8 Å². The van der Waals surface area contributed by atoms with E-state index in [0.717, 1.165) is 23.8 Å². The molecule has 1 aromatic carbocycles. The van der Waals surface area contributed by atoms with E-state index < -0.39 is 0 Å². The molecular formula is C15H19NO4. The van der Waals surface area contributed by atoms with Gasteiger partial charge in [0.25, 0.3) is 0 Å². The van der Waals surface area contributed by atoms with Crippen molar-refractivity contribution in [3.8, 4) is 5.75 Å². The summed E-state index contributed by atoms with van der Waals surface area (Å²) in [4.78, 5) is 24.9. The Kier molecular flexibility index (Phi) is 4.74. The van der Waals surface area contributed by atoms with Crippen molar-refractivity contribution >= 4 is 12.2 Å². The summed E-state index contributed by atoms with van der Waals surface area (Å²) >= 11 is 0. The molecule has 0 aromatic heterocycles. The Labute approximate surface area is 118 Å². The fourth-order valence-corrected chi connectivity index (χ4v) is 2.44. The lowest BCUT2D eigenvalue weighted by Crippen LogP contribution is -2.36. The van der Waals surface area contributed by atoms with Gasteiger partial charge in [-0.2, -0.15) is 0 Å². The minimum Gasteiger partial charge on any atom is -0.496 e. The van der Waals surface area contributed by atoms with Crippen LogP contribution >= 0.6 is 0 Å². The number of hydrogen-bond acceptors (Lipinski definition) is 4. The molecule has 0 spiro atoms. The molecule has 0 unspecified atom stereocenters. The Balaban J connectivity index is 2.17. The molecule has 1 aromatic rings. The third kappa shape index (κ3) is 2.99. The van der Waals surface area contributed by atoms with E-state index in [2.05, 4.69) is 0 Å². The van der Waals surface area contributed by atoms with E-state index in [9.17, 15) is 9.59 Å². The summed E-state index contributed by atoms with van der Waals surface area (Å²) in [5.41, 5.74) is 2.69. The van der Waals surface area contributed by atoms with E-state index >= 15 is 0 Å². The minimum absolute atomic E-state index is 0.0842. The van der Waals surface area contributed by atoms with Crippen LogP contribution in [-0.2, 0) is 22.5 Å². The standard InChI is InChI=1S/C15H19NO4/c1-19-6-4-15(18)16-5-3-11-8-14(20-2)13(10-17)7-12(11)9-16/h7-8,10H,3-6,9H2,1-2H3. The van der Waals surface area contributed by atoms with Crippen LogP contribution in [0.4, 0.5) is 0 Å². The van der Waals surface area contributed by atoms with Crippen molar-refractivity contribution in [1.29, 1.82) is 0 Å². The van der Waals surface area contributed by atoms with Crippen molar-refractivity contribution in [2.45, 2.75) is 19.4 Å². The summed E-state index contributed by atoms with van der Waals surface area (Å²) in [7, 11) is 3.14. The highest BCUT2D eigenvalue weighted by Gasteiger charge is 2.22.